The SMILES string of the molecule is C/C=C\C(=O)N(C=O)CCCC(=O)Nc1cc(CC(CC(C)C=NCCN(C)C)NC(=O)c2csc(C(CC(C(C)C)N(C)C(=O)CCCC)OC(C)=O)n2)ccc1O. The van der Waals surface area contributed by atoms with Crippen molar-refractivity contribution in [2.24, 2.45) is 16.8 Å². The van der Waals surface area contributed by atoms with Crippen molar-refractivity contribution >= 4 is 59.2 Å². The Labute approximate surface area is 353 Å². The number of phenols is 1. The molecule has 59 heavy (non-hydrogen) atoms. The average Bonchev–Trinajstić information content (AvgIpc) is 3.67. The molecule has 5 amide bonds. The van der Waals surface area contributed by atoms with Crippen LogP contribution in [0.5, 0.6) is 5.75 Å². The molecule has 1 aromatic carbocycles. The monoisotopic (exact) mass is 839 g/mol. The van der Waals surface area contributed by atoms with Gasteiger partial charge in [-0.1, -0.05) is 46.3 Å². The van der Waals surface area contributed by atoms with Crippen molar-refractivity contribution in [3.05, 3.63) is 52.0 Å². The molecule has 0 aliphatic heterocycles. The molecular formula is C43H65N7O8S. The van der Waals surface area contributed by atoms with E-state index in [0.29, 0.717) is 43.6 Å². The standard InChI is InChI=1S/C43H65N7O8S/c1-10-12-16-40(55)49(9)36(29(3)4)25-38(58-31(6)52)43-47-35(27-59-43)42(57)45-33(22-30(5)26-44-19-21-48(7)8)23-32-17-18-37(53)34(24-32)46-39(54)15-13-20-50(28-51)41(56)14-11-2/h11,14,17-18,24,26-30,33,36,38,53H,10,12-13,15-16,19-23,25H2,1-9H3,(H,45,57)(H,46,54)/b14-11-,44-26?. The number of hydrogen-bond acceptors (Lipinski definition) is 12. The van der Waals surface area contributed by atoms with E-state index in [4.69, 9.17) is 4.74 Å². The Bertz CT molecular complexity index is 1740. The number of benzene rings is 1. The first-order valence-corrected chi connectivity index (χ1v) is 21.2. The fourth-order valence-corrected chi connectivity index (χ4v) is 7.21. The predicted molar refractivity (Wildman–Crippen MR) is 231 cm³/mol. The third-order valence-electron chi connectivity index (χ3n) is 9.57. The highest BCUT2D eigenvalue weighted by Crippen LogP contribution is 2.31. The molecule has 16 heteroatoms. The summed E-state index contributed by atoms with van der Waals surface area (Å²) in [5.41, 5.74) is 1.08. The molecule has 0 aliphatic carbocycles. The normalized spacial score (nSPS) is 13.6. The van der Waals surface area contributed by atoms with Gasteiger partial charge >= 0.3 is 5.97 Å². The average molecular weight is 840 g/mol. The lowest BCUT2D eigenvalue weighted by Gasteiger charge is -2.33. The summed E-state index contributed by atoms with van der Waals surface area (Å²) in [6.07, 6.45) is 7.85. The molecule has 4 atom stereocenters. The number of allylic oxidation sites excluding steroid dienone is 1. The van der Waals surface area contributed by atoms with Gasteiger partial charge in [0.1, 0.15) is 16.5 Å². The van der Waals surface area contributed by atoms with Gasteiger partial charge in [-0.05, 0) is 82.3 Å². The van der Waals surface area contributed by atoms with Crippen LogP contribution in [0.25, 0.3) is 0 Å². The van der Waals surface area contributed by atoms with E-state index in [-0.39, 0.29) is 60.3 Å². The number of rotatable bonds is 26. The number of aromatic hydroxyl groups is 1. The van der Waals surface area contributed by atoms with E-state index in [1.54, 1.807) is 36.4 Å². The molecule has 326 valence electrons. The van der Waals surface area contributed by atoms with Crippen LogP contribution < -0.4 is 10.6 Å². The smallest absolute Gasteiger partial charge is 0.303 e. The first-order valence-electron chi connectivity index (χ1n) is 20.3. The summed E-state index contributed by atoms with van der Waals surface area (Å²) in [7, 11) is 5.72. The van der Waals surface area contributed by atoms with Crippen LogP contribution in [0.2, 0.25) is 0 Å². The number of phenolic OH excluding ortho intramolecular Hbond substituents is 1. The van der Waals surface area contributed by atoms with Gasteiger partial charge in [0.25, 0.3) is 11.8 Å². The van der Waals surface area contributed by atoms with E-state index in [1.165, 1.54) is 36.5 Å². The molecule has 0 bridgehead atoms. The van der Waals surface area contributed by atoms with Crippen LogP contribution in [-0.2, 0) is 35.1 Å². The van der Waals surface area contributed by atoms with Crippen LogP contribution in [0.1, 0.15) is 114 Å². The van der Waals surface area contributed by atoms with Crippen molar-refractivity contribution in [2.45, 2.75) is 111 Å². The van der Waals surface area contributed by atoms with Crippen LogP contribution in [0.15, 0.2) is 40.7 Å². The highest BCUT2D eigenvalue weighted by atomic mass is 32.1. The molecule has 2 rings (SSSR count). The second-order valence-corrected chi connectivity index (χ2v) is 16.3. The van der Waals surface area contributed by atoms with Crippen molar-refractivity contribution in [3.63, 3.8) is 0 Å². The number of anilines is 1. The molecule has 0 saturated carbocycles. The summed E-state index contributed by atoms with van der Waals surface area (Å²) >= 11 is 1.21. The summed E-state index contributed by atoms with van der Waals surface area (Å²) < 4.78 is 5.74. The Morgan fingerprint density at radius 3 is 2.39 bits per heavy atom. The zero-order valence-corrected chi connectivity index (χ0v) is 37.0. The van der Waals surface area contributed by atoms with E-state index >= 15 is 0 Å². The van der Waals surface area contributed by atoms with Gasteiger partial charge in [-0.2, -0.15) is 0 Å². The summed E-state index contributed by atoms with van der Waals surface area (Å²) in [6.45, 7) is 12.5. The van der Waals surface area contributed by atoms with Gasteiger partial charge in [0.15, 0.2) is 6.10 Å². The Balaban J connectivity index is 2.31. The van der Waals surface area contributed by atoms with Crippen molar-refractivity contribution in [1.29, 1.82) is 0 Å². The van der Waals surface area contributed by atoms with Gasteiger partial charge in [0.2, 0.25) is 18.2 Å². The molecule has 3 N–H and O–H groups in total. The Morgan fingerprint density at radius 2 is 1.76 bits per heavy atom. The fraction of sp³-hybridized carbons (Fsp3) is 0.581. The summed E-state index contributed by atoms with van der Waals surface area (Å²) in [5.74, 6) is -1.87. The van der Waals surface area contributed by atoms with Gasteiger partial charge < -0.3 is 30.3 Å². The van der Waals surface area contributed by atoms with E-state index in [0.717, 1.165) is 29.8 Å². The van der Waals surface area contributed by atoms with Crippen LogP contribution in [0.4, 0.5) is 5.69 Å². The number of ether oxygens (including phenoxy) is 1. The molecule has 1 heterocycles. The number of carbonyl (C=O) groups excluding carboxylic acids is 6. The number of esters is 1. The zero-order valence-electron chi connectivity index (χ0n) is 36.2. The van der Waals surface area contributed by atoms with Crippen LogP contribution >= 0.6 is 11.3 Å². The van der Waals surface area contributed by atoms with Gasteiger partial charge in [-0.25, -0.2) is 4.98 Å². The first-order chi connectivity index (χ1) is 28.0. The third-order valence-corrected chi connectivity index (χ3v) is 10.5. The number of carbonyl (C=O) groups is 6. The summed E-state index contributed by atoms with van der Waals surface area (Å²) in [4.78, 5) is 89.2. The number of aromatic nitrogens is 1. The van der Waals surface area contributed by atoms with Crippen LogP contribution in [-0.4, -0.2) is 120 Å². The highest BCUT2D eigenvalue weighted by molar-refractivity contribution is 7.09. The zero-order chi connectivity index (χ0) is 44.1. The molecule has 1 aromatic heterocycles. The molecule has 0 aliphatic rings. The topological polar surface area (TPSA) is 191 Å². The Kier molecular flexibility index (Phi) is 22.3. The van der Waals surface area contributed by atoms with Crippen molar-refractivity contribution in [1.82, 2.24) is 25.0 Å². The second kappa shape index (κ2) is 26.2. The molecule has 0 spiro atoms. The van der Waals surface area contributed by atoms with Gasteiger partial charge in [-0.3, -0.25) is 38.7 Å². The first kappa shape index (κ1) is 50.2. The van der Waals surface area contributed by atoms with E-state index in [1.807, 2.05) is 52.9 Å². The number of unbranched alkanes of at least 4 members (excludes halogenated alkanes) is 1. The maximum atomic E-state index is 13.8. The second-order valence-electron chi connectivity index (χ2n) is 15.4. The maximum absolute atomic E-state index is 13.8. The number of nitrogens with one attached hydrogen (secondary N) is 2. The number of likely N-dealkylation sites (N-methyl/N-ethyl adjacent to an activating group) is 1. The molecular weight excluding hydrogens is 775 g/mol. The van der Waals surface area contributed by atoms with Gasteiger partial charge in [0.05, 0.1) is 12.2 Å². The van der Waals surface area contributed by atoms with Gasteiger partial charge in [-0.15, -0.1) is 11.3 Å². The molecule has 0 fully saturated rings. The van der Waals surface area contributed by atoms with E-state index in [2.05, 4.69) is 20.6 Å². The summed E-state index contributed by atoms with van der Waals surface area (Å²) in [5, 5.41) is 18.5. The molecule has 15 nitrogen and oxygen atoms in total. The lowest BCUT2D eigenvalue weighted by molar-refractivity contribution is -0.148. The number of nitrogens with zero attached hydrogens (tertiary/aromatic N) is 5. The number of imide groups is 1. The Morgan fingerprint density at radius 1 is 1.03 bits per heavy atom. The van der Waals surface area contributed by atoms with E-state index < -0.39 is 35.8 Å². The molecule has 0 saturated heterocycles. The van der Waals surface area contributed by atoms with Crippen molar-refractivity contribution < 1.29 is 38.6 Å². The minimum Gasteiger partial charge on any atom is -0.506 e. The number of aliphatic imine (C=N–C) groups is 1. The fourth-order valence-electron chi connectivity index (χ4n) is 6.37. The molecule has 4 unspecified atom stereocenters. The van der Waals surface area contributed by atoms with Crippen molar-refractivity contribution in [3.8, 4) is 5.75 Å². The maximum Gasteiger partial charge on any atom is 0.303 e. The number of amides is 5. The van der Waals surface area contributed by atoms with Gasteiger partial charge in [0, 0.05) is 70.0 Å². The lowest BCUT2D eigenvalue weighted by Crippen LogP contribution is -2.41. The quantitative estimate of drug-likeness (QED) is 0.0344. The molecule has 2 aromatic rings. The summed E-state index contributed by atoms with van der Waals surface area (Å²) in [6, 6.07) is 4.18. The van der Waals surface area contributed by atoms with Crippen molar-refractivity contribution in [2.75, 3.05) is 46.1 Å². The van der Waals surface area contributed by atoms with Crippen LogP contribution in [0.3, 0.4) is 0 Å². The number of hydrogen-bond donors (Lipinski definition) is 3. The lowest BCUT2D eigenvalue weighted by atomic mass is 9.96. The third kappa shape index (κ3) is 18.2. The predicted octanol–water partition coefficient (Wildman–Crippen LogP) is 5.80. The highest BCUT2D eigenvalue weighted by Gasteiger charge is 2.31. The van der Waals surface area contributed by atoms with E-state index in [9.17, 15) is 33.9 Å². The minimum atomic E-state index is -0.766. The van der Waals surface area contributed by atoms with Crippen LogP contribution in [0, 0.1) is 11.8 Å². The largest absolute Gasteiger partial charge is 0.506 e. The minimum absolute atomic E-state index is 0.000331. The number of thiazole rings is 1. The Hall–Kier alpha value is -4.96. The molecule has 0 radical (unpaired) electrons.